The predicted octanol–water partition coefficient (Wildman–Crippen LogP) is 0.265. The van der Waals surface area contributed by atoms with Gasteiger partial charge in [0.15, 0.2) is 11.5 Å². The summed E-state index contributed by atoms with van der Waals surface area (Å²) in [5.41, 5.74) is 1.50. The Morgan fingerprint density at radius 1 is 1.27 bits per heavy atom. The van der Waals surface area contributed by atoms with Crippen molar-refractivity contribution in [3.63, 3.8) is 0 Å². The van der Waals surface area contributed by atoms with Crippen LogP contribution in [0.1, 0.15) is 13.3 Å². The molecule has 2 aliphatic heterocycles. The van der Waals surface area contributed by atoms with Crippen LogP contribution in [0.2, 0.25) is 0 Å². The topological polar surface area (TPSA) is 73.6 Å². The molecule has 0 N–H and O–H groups in total. The van der Waals surface area contributed by atoms with Gasteiger partial charge in [-0.3, -0.25) is 19.4 Å². The Morgan fingerprint density at radius 3 is 2.55 bits per heavy atom. The lowest BCUT2D eigenvalue weighted by molar-refractivity contribution is -0.121. The number of fused-ring (bicyclic) bond motifs is 3. The third kappa shape index (κ3) is 1.79. The van der Waals surface area contributed by atoms with Crippen LogP contribution in [0.3, 0.4) is 0 Å². The van der Waals surface area contributed by atoms with Crippen molar-refractivity contribution in [2.45, 2.75) is 31.5 Å². The third-order valence-corrected chi connectivity index (χ3v) is 5.13. The molecule has 116 valence electrons. The molecule has 1 saturated heterocycles. The largest absolute Gasteiger partial charge is 0.492 e. The predicted molar refractivity (Wildman–Crippen MR) is 78.7 cm³/mol. The van der Waals surface area contributed by atoms with E-state index in [1.165, 1.54) is 7.11 Å². The maximum Gasteiger partial charge on any atom is 0.225 e. The maximum absolute atomic E-state index is 12.7. The average molecular weight is 301 g/mol. The summed E-state index contributed by atoms with van der Waals surface area (Å²) >= 11 is 0. The molecule has 1 aliphatic carbocycles. The SMILES string of the molecule is COC1=C(C)C(=O)C2=C(C1=O)[C@H]1CN(C)[C@@H](C#N)[C@H](C2)N1C. The fraction of sp³-hybridized carbons (Fsp3) is 0.562. The van der Waals surface area contributed by atoms with Gasteiger partial charge in [-0.05, 0) is 27.4 Å². The Kier molecular flexibility index (Phi) is 3.42. The number of methoxy groups -OCH3 is 1. The van der Waals surface area contributed by atoms with E-state index < -0.39 is 0 Å². The molecule has 3 rings (SSSR count). The van der Waals surface area contributed by atoms with Crippen LogP contribution in [-0.4, -0.2) is 67.2 Å². The van der Waals surface area contributed by atoms with Crippen molar-refractivity contribution in [2.24, 2.45) is 0 Å². The highest BCUT2D eigenvalue weighted by Gasteiger charge is 2.50. The molecular formula is C16H19N3O3. The Balaban J connectivity index is 2.12. The molecule has 3 atom stereocenters. The molecule has 0 unspecified atom stereocenters. The van der Waals surface area contributed by atoms with Gasteiger partial charge in [-0.2, -0.15) is 5.26 Å². The number of Topliss-reactive ketones (excluding diaryl/α,β-unsaturated/α-hetero) is 2. The molecule has 0 saturated carbocycles. The zero-order chi connectivity index (χ0) is 16.2. The minimum Gasteiger partial charge on any atom is -0.492 e. The summed E-state index contributed by atoms with van der Waals surface area (Å²) in [5, 5.41) is 9.42. The summed E-state index contributed by atoms with van der Waals surface area (Å²) in [6, 6.07) is 1.81. The molecule has 0 radical (unpaired) electrons. The van der Waals surface area contributed by atoms with E-state index in [0.717, 1.165) is 0 Å². The molecule has 0 aromatic carbocycles. The van der Waals surface area contributed by atoms with Crippen molar-refractivity contribution in [1.29, 1.82) is 5.26 Å². The van der Waals surface area contributed by atoms with Gasteiger partial charge in [0.1, 0.15) is 6.04 Å². The number of nitrogens with zero attached hydrogens (tertiary/aromatic N) is 3. The average Bonchev–Trinajstić information content (AvgIpc) is 2.47. The first-order valence-corrected chi connectivity index (χ1v) is 7.31. The van der Waals surface area contributed by atoms with Crippen molar-refractivity contribution < 1.29 is 14.3 Å². The van der Waals surface area contributed by atoms with Crippen molar-refractivity contribution >= 4 is 11.6 Å². The first-order chi connectivity index (χ1) is 10.4. The van der Waals surface area contributed by atoms with Crippen LogP contribution in [0.5, 0.6) is 0 Å². The molecule has 6 heteroatoms. The highest BCUT2D eigenvalue weighted by Crippen LogP contribution is 2.40. The molecule has 1 fully saturated rings. The van der Waals surface area contributed by atoms with E-state index in [4.69, 9.17) is 4.74 Å². The van der Waals surface area contributed by atoms with Gasteiger partial charge in [-0.1, -0.05) is 0 Å². The van der Waals surface area contributed by atoms with Gasteiger partial charge in [0.25, 0.3) is 0 Å². The van der Waals surface area contributed by atoms with E-state index in [1.54, 1.807) is 6.92 Å². The van der Waals surface area contributed by atoms with Crippen LogP contribution in [0.15, 0.2) is 22.5 Å². The maximum atomic E-state index is 12.7. The van der Waals surface area contributed by atoms with E-state index in [-0.39, 0.29) is 35.5 Å². The number of hydrogen-bond acceptors (Lipinski definition) is 6. The van der Waals surface area contributed by atoms with Gasteiger partial charge in [0.05, 0.1) is 19.2 Å². The summed E-state index contributed by atoms with van der Waals surface area (Å²) in [4.78, 5) is 29.4. The fourth-order valence-corrected chi connectivity index (χ4v) is 3.89. The Labute approximate surface area is 129 Å². The van der Waals surface area contributed by atoms with Crippen molar-refractivity contribution in [2.75, 3.05) is 27.7 Å². The molecule has 6 nitrogen and oxygen atoms in total. The number of piperazine rings is 1. The molecule has 0 aromatic heterocycles. The number of rotatable bonds is 1. The van der Waals surface area contributed by atoms with Crippen LogP contribution in [-0.2, 0) is 14.3 Å². The van der Waals surface area contributed by atoms with E-state index >= 15 is 0 Å². The van der Waals surface area contributed by atoms with Gasteiger partial charge in [0, 0.05) is 29.3 Å². The van der Waals surface area contributed by atoms with E-state index in [2.05, 4.69) is 11.0 Å². The molecule has 0 aromatic rings. The summed E-state index contributed by atoms with van der Waals surface area (Å²) in [5.74, 6) is -0.148. The monoisotopic (exact) mass is 301 g/mol. The van der Waals surface area contributed by atoms with E-state index in [1.807, 2.05) is 19.0 Å². The lowest BCUT2D eigenvalue weighted by atomic mass is 9.75. The van der Waals surface area contributed by atoms with Crippen LogP contribution < -0.4 is 0 Å². The first-order valence-electron chi connectivity index (χ1n) is 7.31. The quantitative estimate of drug-likeness (QED) is 0.647. The van der Waals surface area contributed by atoms with Crippen LogP contribution >= 0.6 is 0 Å². The van der Waals surface area contributed by atoms with E-state index in [9.17, 15) is 14.9 Å². The van der Waals surface area contributed by atoms with Gasteiger partial charge < -0.3 is 4.74 Å². The Hall–Kier alpha value is -1.97. The van der Waals surface area contributed by atoms with Crippen molar-refractivity contribution in [1.82, 2.24) is 9.80 Å². The molecule has 2 heterocycles. The number of carbonyl (C=O) groups excluding carboxylic acids is 2. The zero-order valence-corrected chi connectivity index (χ0v) is 13.2. The summed E-state index contributed by atoms with van der Waals surface area (Å²) in [6.07, 6.45) is 0.434. The highest BCUT2D eigenvalue weighted by atomic mass is 16.5. The summed E-state index contributed by atoms with van der Waals surface area (Å²) in [6.45, 7) is 2.18. The number of ether oxygens (including phenoxy) is 1. The smallest absolute Gasteiger partial charge is 0.225 e. The normalized spacial score (nSPS) is 33.0. The Bertz CT molecular complexity index is 671. The minimum atomic E-state index is -0.272. The zero-order valence-electron chi connectivity index (χ0n) is 13.2. The number of allylic oxidation sites excluding steroid dienone is 2. The molecule has 0 spiro atoms. The van der Waals surface area contributed by atoms with Gasteiger partial charge in [0.2, 0.25) is 5.78 Å². The second kappa shape index (κ2) is 5.04. The number of nitriles is 1. The summed E-state index contributed by atoms with van der Waals surface area (Å²) < 4.78 is 5.17. The third-order valence-electron chi connectivity index (χ3n) is 5.13. The minimum absolute atomic E-state index is 0.0684. The van der Waals surface area contributed by atoms with Crippen molar-refractivity contribution in [3.8, 4) is 6.07 Å². The first kappa shape index (κ1) is 14.9. The lowest BCUT2D eigenvalue weighted by Gasteiger charge is -2.51. The molecular weight excluding hydrogens is 282 g/mol. The van der Waals surface area contributed by atoms with Gasteiger partial charge >= 0.3 is 0 Å². The lowest BCUT2D eigenvalue weighted by Crippen LogP contribution is -2.65. The van der Waals surface area contributed by atoms with Gasteiger partial charge in [-0.15, -0.1) is 0 Å². The van der Waals surface area contributed by atoms with E-state index in [0.29, 0.717) is 29.7 Å². The molecule has 2 bridgehead atoms. The second-order valence-electron chi connectivity index (χ2n) is 6.17. The fourth-order valence-electron chi connectivity index (χ4n) is 3.89. The number of carbonyl (C=O) groups is 2. The Morgan fingerprint density at radius 2 is 1.95 bits per heavy atom. The number of ketones is 2. The second-order valence-corrected chi connectivity index (χ2v) is 6.17. The number of likely N-dealkylation sites (N-methyl/N-ethyl adjacent to an activating group) is 2. The van der Waals surface area contributed by atoms with Crippen molar-refractivity contribution in [3.05, 3.63) is 22.5 Å². The standard InChI is InChI=1S/C16H19N3O3/c1-8-14(20)9-5-10-11(6-17)18(2)7-12(19(10)3)13(9)15(21)16(8)22-4/h10-12H,5,7H2,1-4H3/t10-,11-,12+/m0/s1. The highest BCUT2D eigenvalue weighted by molar-refractivity contribution is 6.25. The van der Waals surface area contributed by atoms with Crippen LogP contribution in [0.25, 0.3) is 0 Å². The molecule has 3 aliphatic rings. The van der Waals surface area contributed by atoms with Crippen LogP contribution in [0, 0.1) is 11.3 Å². The van der Waals surface area contributed by atoms with Gasteiger partial charge in [-0.25, -0.2) is 0 Å². The van der Waals surface area contributed by atoms with Crippen LogP contribution in [0.4, 0.5) is 0 Å². The molecule has 0 amide bonds. The number of hydrogen-bond donors (Lipinski definition) is 0. The molecule has 22 heavy (non-hydrogen) atoms. The summed E-state index contributed by atoms with van der Waals surface area (Å²) in [7, 11) is 5.23.